The second-order valence-corrected chi connectivity index (χ2v) is 9.29. The van der Waals surface area contributed by atoms with Crippen LogP contribution in [0.3, 0.4) is 0 Å². The first-order valence-electron chi connectivity index (χ1n) is 12.5. The molecule has 0 unspecified atom stereocenters. The number of aryl methyl sites for hydroxylation is 1. The van der Waals surface area contributed by atoms with Crippen molar-refractivity contribution in [1.29, 1.82) is 0 Å². The lowest BCUT2D eigenvalue weighted by atomic mass is 9.95. The molecule has 3 aromatic carbocycles. The number of rotatable bonds is 6. The van der Waals surface area contributed by atoms with Crippen LogP contribution in [-0.2, 0) is 4.79 Å². The van der Waals surface area contributed by atoms with Crippen molar-refractivity contribution < 1.29 is 14.3 Å². The van der Waals surface area contributed by atoms with Crippen LogP contribution in [-0.4, -0.2) is 46.7 Å². The Morgan fingerprint density at radius 2 is 1.59 bits per heavy atom. The molecule has 4 aromatic rings. The van der Waals surface area contributed by atoms with Crippen molar-refractivity contribution in [2.45, 2.75) is 19.8 Å². The summed E-state index contributed by atoms with van der Waals surface area (Å²) in [5.74, 6) is 0.342. The highest BCUT2D eigenvalue weighted by molar-refractivity contribution is 6.00. The van der Waals surface area contributed by atoms with Crippen LogP contribution in [0.4, 0.5) is 5.69 Å². The summed E-state index contributed by atoms with van der Waals surface area (Å²) in [5.41, 5.74) is 4.82. The predicted octanol–water partition coefficient (Wildman–Crippen LogP) is 5.35. The molecule has 1 aliphatic rings. The molecule has 1 aliphatic heterocycles. The lowest BCUT2D eigenvalue weighted by molar-refractivity contribution is -0.121. The number of benzene rings is 3. The molecular weight excluding hydrogens is 464 g/mol. The number of carbonyl (C=O) groups is 2. The van der Waals surface area contributed by atoms with E-state index >= 15 is 0 Å². The maximum absolute atomic E-state index is 13.7. The van der Waals surface area contributed by atoms with E-state index in [0.717, 1.165) is 16.8 Å². The van der Waals surface area contributed by atoms with Crippen LogP contribution in [0.5, 0.6) is 5.75 Å². The van der Waals surface area contributed by atoms with Gasteiger partial charge in [0.15, 0.2) is 0 Å². The monoisotopic (exact) mass is 494 g/mol. The zero-order valence-corrected chi connectivity index (χ0v) is 21.1. The summed E-state index contributed by atoms with van der Waals surface area (Å²) < 4.78 is 7.11. The highest BCUT2D eigenvalue weighted by Crippen LogP contribution is 2.29. The van der Waals surface area contributed by atoms with Gasteiger partial charge in [0.1, 0.15) is 11.4 Å². The number of amides is 2. The fraction of sp³-hybridized carbons (Fsp3) is 0.233. The van der Waals surface area contributed by atoms with Gasteiger partial charge in [-0.15, -0.1) is 0 Å². The van der Waals surface area contributed by atoms with Crippen LogP contribution in [0.1, 0.15) is 28.8 Å². The van der Waals surface area contributed by atoms with E-state index < -0.39 is 0 Å². The maximum Gasteiger partial charge on any atom is 0.257 e. The number of anilines is 1. The van der Waals surface area contributed by atoms with E-state index in [1.807, 2.05) is 96.9 Å². The van der Waals surface area contributed by atoms with Crippen molar-refractivity contribution in [1.82, 2.24) is 14.7 Å². The Balaban J connectivity index is 1.33. The number of nitrogens with one attached hydrogen (secondary N) is 1. The van der Waals surface area contributed by atoms with Gasteiger partial charge in [-0.1, -0.05) is 60.2 Å². The molecule has 0 atom stereocenters. The molecule has 37 heavy (non-hydrogen) atoms. The first-order chi connectivity index (χ1) is 18.0. The van der Waals surface area contributed by atoms with Gasteiger partial charge in [-0.3, -0.25) is 9.59 Å². The number of piperidine rings is 1. The van der Waals surface area contributed by atoms with Crippen LogP contribution in [0, 0.1) is 12.8 Å². The summed E-state index contributed by atoms with van der Waals surface area (Å²) in [6.07, 6.45) is 3.01. The van der Waals surface area contributed by atoms with Gasteiger partial charge < -0.3 is 15.0 Å². The topological polar surface area (TPSA) is 76.5 Å². The van der Waals surface area contributed by atoms with E-state index in [-0.39, 0.29) is 17.7 Å². The van der Waals surface area contributed by atoms with E-state index in [1.165, 1.54) is 0 Å². The van der Waals surface area contributed by atoms with Crippen molar-refractivity contribution in [3.05, 3.63) is 96.2 Å². The first-order valence-corrected chi connectivity index (χ1v) is 12.5. The fourth-order valence-electron chi connectivity index (χ4n) is 4.67. The van der Waals surface area contributed by atoms with E-state index in [1.54, 1.807) is 11.8 Å². The molecule has 0 radical (unpaired) electrons. The summed E-state index contributed by atoms with van der Waals surface area (Å²) in [6.45, 7) is 3.05. The minimum atomic E-state index is -0.169. The summed E-state index contributed by atoms with van der Waals surface area (Å²) in [5, 5.41) is 7.78. The minimum absolute atomic E-state index is 0.0474. The Bertz CT molecular complexity index is 1390. The largest absolute Gasteiger partial charge is 0.495 e. The van der Waals surface area contributed by atoms with Gasteiger partial charge in [0.2, 0.25) is 5.91 Å². The molecule has 2 amide bonds. The molecule has 188 valence electrons. The van der Waals surface area contributed by atoms with Crippen molar-refractivity contribution in [3.63, 3.8) is 0 Å². The Morgan fingerprint density at radius 1 is 0.919 bits per heavy atom. The Hall–Kier alpha value is -4.39. The standard InChI is InChI=1S/C30H30N4O3/c1-21-12-14-24(15-13-21)34-20-25(28(32-34)22-8-4-3-5-9-22)30(36)33-18-16-23(17-19-33)29(35)31-26-10-6-7-11-27(26)37-2/h3-15,20,23H,16-19H2,1-2H3,(H,31,35). The number of carbonyl (C=O) groups excluding carboxylic acids is 2. The third-order valence-corrected chi connectivity index (χ3v) is 6.81. The highest BCUT2D eigenvalue weighted by Gasteiger charge is 2.30. The highest BCUT2D eigenvalue weighted by atomic mass is 16.5. The van der Waals surface area contributed by atoms with Gasteiger partial charge in [-0.25, -0.2) is 4.68 Å². The first kappa shape index (κ1) is 24.3. The number of hydrogen-bond donors (Lipinski definition) is 1. The second-order valence-electron chi connectivity index (χ2n) is 9.29. The number of para-hydroxylation sites is 2. The van der Waals surface area contributed by atoms with Crippen molar-refractivity contribution in [2.75, 3.05) is 25.5 Å². The second kappa shape index (κ2) is 10.7. The van der Waals surface area contributed by atoms with E-state index in [2.05, 4.69) is 5.32 Å². The number of methoxy groups -OCH3 is 1. The van der Waals surface area contributed by atoms with E-state index in [4.69, 9.17) is 9.84 Å². The number of hydrogen-bond acceptors (Lipinski definition) is 4. The van der Waals surface area contributed by atoms with Gasteiger partial charge in [0, 0.05) is 30.8 Å². The minimum Gasteiger partial charge on any atom is -0.495 e. The van der Waals surface area contributed by atoms with Gasteiger partial charge in [-0.2, -0.15) is 5.10 Å². The molecule has 1 saturated heterocycles. The molecule has 0 spiro atoms. The van der Waals surface area contributed by atoms with Gasteiger partial charge in [-0.05, 0) is 44.0 Å². The van der Waals surface area contributed by atoms with Crippen LogP contribution in [0.2, 0.25) is 0 Å². The molecule has 1 fully saturated rings. The zero-order chi connectivity index (χ0) is 25.8. The molecule has 7 heteroatoms. The van der Waals surface area contributed by atoms with Gasteiger partial charge >= 0.3 is 0 Å². The molecule has 1 N–H and O–H groups in total. The Labute approximate surface area is 216 Å². The molecule has 0 aliphatic carbocycles. The quantitative estimate of drug-likeness (QED) is 0.392. The average molecular weight is 495 g/mol. The average Bonchev–Trinajstić information content (AvgIpc) is 3.39. The van der Waals surface area contributed by atoms with Crippen LogP contribution >= 0.6 is 0 Å². The summed E-state index contributed by atoms with van der Waals surface area (Å²) in [4.78, 5) is 28.5. The third-order valence-electron chi connectivity index (χ3n) is 6.81. The van der Waals surface area contributed by atoms with E-state index in [9.17, 15) is 9.59 Å². The maximum atomic E-state index is 13.7. The third kappa shape index (κ3) is 5.26. The van der Waals surface area contributed by atoms with E-state index in [0.29, 0.717) is 48.6 Å². The van der Waals surface area contributed by atoms with Gasteiger partial charge in [0.25, 0.3) is 5.91 Å². The van der Waals surface area contributed by atoms with Crippen molar-refractivity contribution in [3.8, 4) is 22.7 Å². The Morgan fingerprint density at radius 3 is 2.30 bits per heavy atom. The molecule has 2 heterocycles. The van der Waals surface area contributed by atoms with Crippen molar-refractivity contribution >= 4 is 17.5 Å². The molecule has 0 bridgehead atoms. The SMILES string of the molecule is COc1ccccc1NC(=O)C1CCN(C(=O)c2cn(-c3ccc(C)cc3)nc2-c2ccccc2)CC1. The predicted molar refractivity (Wildman–Crippen MR) is 144 cm³/mol. The lowest BCUT2D eigenvalue weighted by Crippen LogP contribution is -2.41. The number of likely N-dealkylation sites (tertiary alicyclic amines) is 1. The molecular formula is C30H30N4O3. The normalized spacial score (nSPS) is 13.8. The molecule has 1 aromatic heterocycles. The number of aromatic nitrogens is 2. The van der Waals surface area contributed by atoms with Crippen LogP contribution in [0.15, 0.2) is 85.1 Å². The van der Waals surface area contributed by atoms with Gasteiger partial charge in [0.05, 0.1) is 24.0 Å². The fourth-order valence-corrected chi connectivity index (χ4v) is 4.67. The summed E-state index contributed by atoms with van der Waals surface area (Å²) in [7, 11) is 1.58. The van der Waals surface area contributed by atoms with Crippen LogP contribution < -0.4 is 10.1 Å². The van der Waals surface area contributed by atoms with Crippen LogP contribution in [0.25, 0.3) is 16.9 Å². The number of ether oxygens (including phenoxy) is 1. The smallest absolute Gasteiger partial charge is 0.257 e. The molecule has 7 nitrogen and oxygen atoms in total. The zero-order valence-electron chi connectivity index (χ0n) is 21.1. The Kier molecular flexibility index (Phi) is 7.03. The summed E-state index contributed by atoms with van der Waals surface area (Å²) in [6, 6.07) is 25.2. The molecule has 5 rings (SSSR count). The van der Waals surface area contributed by atoms with Crippen molar-refractivity contribution in [2.24, 2.45) is 5.92 Å². The molecule has 0 saturated carbocycles. The number of nitrogens with zero attached hydrogens (tertiary/aromatic N) is 3. The summed E-state index contributed by atoms with van der Waals surface area (Å²) >= 11 is 0. The lowest BCUT2D eigenvalue weighted by Gasteiger charge is -2.31.